The average molecular weight is 270 g/mol. The number of aromatic nitrogens is 2. The number of aliphatic hydroxyl groups is 2. The third-order valence-electron chi connectivity index (χ3n) is 2.59. The fraction of sp³-hybridized carbons (Fsp3) is 0.455. The van der Waals surface area contributed by atoms with Crippen LogP contribution in [0.1, 0.15) is 11.8 Å². The molecule has 1 aliphatic rings. The summed E-state index contributed by atoms with van der Waals surface area (Å²) in [5.74, 6) is 0. The first-order valence-corrected chi connectivity index (χ1v) is 5.66. The fourth-order valence-corrected chi connectivity index (χ4v) is 1.70. The van der Waals surface area contributed by atoms with Crippen LogP contribution >= 0.6 is 0 Å². The van der Waals surface area contributed by atoms with Gasteiger partial charge in [-0.25, -0.2) is 4.79 Å². The first-order valence-electron chi connectivity index (χ1n) is 5.66. The van der Waals surface area contributed by atoms with E-state index in [1.54, 1.807) is 0 Å². The number of rotatable bonds is 4. The molecule has 19 heavy (non-hydrogen) atoms. The van der Waals surface area contributed by atoms with Crippen LogP contribution in [0, 0.1) is 0 Å². The van der Waals surface area contributed by atoms with Gasteiger partial charge in [0.2, 0.25) is 0 Å². The maximum Gasteiger partial charge on any atom is 0.330 e. The number of nitrogens with one attached hydrogen (secondary N) is 1. The molecule has 104 valence electrons. The van der Waals surface area contributed by atoms with Crippen molar-refractivity contribution in [1.82, 2.24) is 9.55 Å². The normalized spacial score (nSPS) is 23.3. The number of aromatic amines is 1. The summed E-state index contributed by atoms with van der Waals surface area (Å²) < 4.78 is 11.5. The molecule has 0 saturated carbocycles. The predicted molar refractivity (Wildman–Crippen MR) is 64.4 cm³/mol. The van der Waals surface area contributed by atoms with Gasteiger partial charge in [-0.3, -0.25) is 14.3 Å². The van der Waals surface area contributed by atoms with Crippen LogP contribution in [0.15, 0.2) is 21.9 Å². The molecule has 2 heterocycles. The summed E-state index contributed by atoms with van der Waals surface area (Å²) in [6.07, 6.45) is 2.61. The second-order valence-electron chi connectivity index (χ2n) is 3.87. The molecule has 1 aromatic heterocycles. The first-order chi connectivity index (χ1) is 9.15. The molecule has 2 unspecified atom stereocenters. The summed E-state index contributed by atoms with van der Waals surface area (Å²) in [6, 6.07) is 0. The minimum atomic E-state index is -0.778. The second kappa shape index (κ2) is 5.93. The third-order valence-corrected chi connectivity index (χ3v) is 2.59. The van der Waals surface area contributed by atoms with E-state index in [4.69, 9.17) is 19.7 Å². The van der Waals surface area contributed by atoms with Gasteiger partial charge in [-0.05, 0) is 6.08 Å². The number of H-pyrrole nitrogens is 1. The molecule has 3 N–H and O–H groups in total. The van der Waals surface area contributed by atoms with Crippen LogP contribution in [-0.4, -0.2) is 45.9 Å². The summed E-state index contributed by atoms with van der Waals surface area (Å²) >= 11 is 0. The Balaban J connectivity index is 2.33. The molecule has 1 saturated heterocycles. The minimum Gasteiger partial charge on any atom is -0.392 e. The van der Waals surface area contributed by atoms with E-state index in [-0.39, 0.29) is 25.4 Å². The molecule has 0 radical (unpaired) electrons. The Morgan fingerprint density at radius 3 is 2.89 bits per heavy atom. The van der Waals surface area contributed by atoms with Crippen LogP contribution in [0.5, 0.6) is 0 Å². The lowest BCUT2D eigenvalue weighted by Gasteiger charge is -2.12. The highest BCUT2D eigenvalue weighted by molar-refractivity contribution is 5.46. The van der Waals surface area contributed by atoms with Crippen LogP contribution in [0.3, 0.4) is 0 Å². The van der Waals surface area contributed by atoms with Crippen LogP contribution in [0.4, 0.5) is 0 Å². The monoisotopic (exact) mass is 270 g/mol. The summed E-state index contributed by atoms with van der Waals surface area (Å²) in [5.41, 5.74) is -0.966. The van der Waals surface area contributed by atoms with Crippen molar-refractivity contribution in [2.75, 3.05) is 19.8 Å². The van der Waals surface area contributed by atoms with Gasteiger partial charge in [0.15, 0.2) is 12.5 Å². The molecule has 0 aromatic carbocycles. The third kappa shape index (κ3) is 2.99. The van der Waals surface area contributed by atoms with Gasteiger partial charge in [0, 0.05) is 6.20 Å². The predicted octanol–water partition coefficient (Wildman–Crippen LogP) is -1.59. The Kier molecular flexibility index (Phi) is 4.27. The highest BCUT2D eigenvalue weighted by atomic mass is 16.7. The number of hydrogen-bond donors (Lipinski definition) is 3. The molecule has 8 nitrogen and oxygen atoms in total. The topological polar surface area (TPSA) is 114 Å². The van der Waals surface area contributed by atoms with Crippen molar-refractivity contribution < 1.29 is 19.7 Å². The summed E-state index contributed by atoms with van der Waals surface area (Å²) in [4.78, 5) is 25.4. The average Bonchev–Trinajstić information content (AvgIpc) is 2.86. The lowest BCUT2D eigenvalue weighted by molar-refractivity contribution is -0.0993. The first kappa shape index (κ1) is 13.7. The van der Waals surface area contributed by atoms with Crippen LogP contribution in [0.2, 0.25) is 0 Å². The maximum atomic E-state index is 11.7. The molecule has 0 aliphatic carbocycles. The van der Waals surface area contributed by atoms with Gasteiger partial charge in [-0.1, -0.05) is 6.08 Å². The van der Waals surface area contributed by atoms with E-state index in [0.29, 0.717) is 0 Å². The lowest BCUT2D eigenvalue weighted by Crippen LogP contribution is -2.34. The van der Waals surface area contributed by atoms with E-state index in [0.717, 1.165) is 0 Å². The Morgan fingerprint density at radius 1 is 1.47 bits per heavy atom. The molecular formula is C11H14N2O6. The molecule has 0 amide bonds. The Hall–Kier alpha value is -1.74. The molecule has 2 rings (SSSR count). The Bertz CT molecular complexity index is 575. The minimum absolute atomic E-state index is 0.0976. The molecule has 0 bridgehead atoms. The second-order valence-corrected chi connectivity index (χ2v) is 3.87. The Labute approximate surface area is 107 Å². The van der Waals surface area contributed by atoms with Crippen LogP contribution < -0.4 is 11.2 Å². The lowest BCUT2D eigenvalue weighted by atomic mass is 10.3. The van der Waals surface area contributed by atoms with Gasteiger partial charge in [0.25, 0.3) is 5.56 Å². The molecule has 1 fully saturated rings. The van der Waals surface area contributed by atoms with E-state index in [1.165, 1.54) is 22.9 Å². The standard InChI is InChI=1S/C11H14N2O6/c14-3-1-2-7-4-13(11(17)12-10(7)16)8-6-18-9(5-15)19-8/h1-2,4,8-9,14-15H,3,5-6H2,(H,12,16,17)/b2-1+. The number of ether oxygens (including phenoxy) is 2. The van der Waals surface area contributed by atoms with Crippen LogP contribution in [-0.2, 0) is 9.47 Å². The Morgan fingerprint density at radius 2 is 2.26 bits per heavy atom. The van der Waals surface area contributed by atoms with Gasteiger partial charge in [0.05, 0.1) is 25.4 Å². The number of nitrogens with zero attached hydrogens (tertiary/aromatic N) is 1. The molecule has 1 aliphatic heterocycles. The van der Waals surface area contributed by atoms with Gasteiger partial charge < -0.3 is 19.7 Å². The zero-order valence-electron chi connectivity index (χ0n) is 9.98. The molecule has 2 atom stereocenters. The smallest absolute Gasteiger partial charge is 0.330 e. The zero-order valence-corrected chi connectivity index (χ0v) is 9.98. The van der Waals surface area contributed by atoms with Gasteiger partial charge in [-0.2, -0.15) is 0 Å². The quantitative estimate of drug-likeness (QED) is 0.607. The number of aliphatic hydroxyl groups excluding tert-OH is 2. The highest BCUT2D eigenvalue weighted by Crippen LogP contribution is 2.18. The van der Waals surface area contributed by atoms with Crippen molar-refractivity contribution in [3.8, 4) is 0 Å². The van der Waals surface area contributed by atoms with E-state index in [2.05, 4.69) is 4.98 Å². The van der Waals surface area contributed by atoms with E-state index >= 15 is 0 Å². The number of hydrogen-bond acceptors (Lipinski definition) is 6. The zero-order chi connectivity index (χ0) is 13.8. The molecule has 8 heteroatoms. The van der Waals surface area contributed by atoms with Crippen molar-refractivity contribution in [1.29, 1.82) is 0 Å². The van der Waals surface area contributed by atoms with Gasteiger partial charge in [-0.15, -0.1) is 0 Å². The molecular weight excluding hydrogens is 256 g/mol. The van der Waals surface area contributed by atoms with E-state index in [9.17, 15) is 9.59 Å². The summed E-state index contributed by atoms with van der Waals surface area (Å²) in [5, 5.41) is 17.6. The van der Waals surface area contributed by atoms with Crippen molar-refractivity contribution in [3.63, 3.8) is 0 Å². The SMILES string of the molecule is O=c1[nH]c(=O)n(C2COC(CO)O2)cc1/C=C/CO. The van der Waals surface area contributed by atoms with Gasteiger partial charge in [0.1, 0.15) is 0 Å². The van der Waals surface area contributed by atoms with Crippen LogP contribution in [0.25, 0.3) is 6.08 Å². The van der Waals surface area contributed by atoms with E-state index in [1.807, 2.05) is 0 Å². The van der Waals surface area contributed by atoms with Crippen molar-refractivity contribution >= 4 is 6.08 Å². The fourth-order valence-electron chi connectivity index (χ4n) is 1.70. The maximum absolute atomic E-state index is 11.7. The van der Waals surface area contributed by atoms with E-state index < -0.39 is 23.8 Å². The summed E-state index contributed by atoms with van der Waals surface area (Å²) in [6.45, 7) is -0.430. The highest BCUT2D eigenvalue weighted by Gasteiger charge is 2.27. The van der Waals surface area contributed by atoms with Crippen molar-refractivity contribution in [3.05, 3.63) is 38.7 Å². The molecule has 1 aromatic rings. The summed E-state index contributed by atoms with van der Waals surface area (Å²) in [7, 11) is 0. The van der Waals surface area contributed by atoms with Crippen molar-refractivity contribution in [2.24, 2.45) is 0 Å². The van der Waals surface area contributed by atoms with Gasteiger partial charge >= 0.3 is 5.69 Å². The largest absolute Gasteiger partial charge is 0.392 e. The molecule has 0 spiro atoms. The van der Waals surface area contributed by atoms with Crippen molar-refractivity contribution in [2.45, 2.75) is 12.5 Å².